The minimum absolute atomic E-state index is 0.0130. The SMILES string of the molecule is NCC(=O)c1ccc(CN(C(=O)c2ccncc2)c2ccccc2)c(F)c1.O=C(c1ccncc1)N(Cc1ccc(-c2nnc(C(F)(F)F)o2)cc1F)c1ccccc1. The predicted octanol–water partition coefficient (Wildman–Crippen LogP) is 8.35. The molecule has 3 aromatic heterocycles. The van der Waals surface area contributed by atoms with Gasteiger partial charge in [-0.05, 0) is 66.7 Å². The van der Waals surface area contributed by atoms with E-state index in [0.717, 1.165) is 12.1 Å². The fourth-order valence-corrected chi connectivity index (χ4v) is 5.65. The Morgan fingerprint density at radius 2 is 1.07 bits per heavy atom. The second-order valence-corrected chi connectivity index (χ2v) is 12.6. The molecule has 0 aliphatic rings. The average Bonchev–Trinajstić information content (AvgIpc) is 3.78. The van der Waals surface area contributed by atoms with Gasteiger partial charge in [0.15, 0.2) is 5.78 Å². The van der Waals surface area contributed by atoms with Crippen LogP contribution in [-0.2, 0) is 19.3 Å². The number of rotatable bonds is 11. The summed E-state index contributed by atoms with van der Waals surface area (Å²) in [6.45, 7) is -0.279. The number of ketones is 1. The zero-order valence-corrected chi connectivity index (χ0v) is 30.8. The quantitative estimate of drug-likeness (QED) is 0.101. The van der Waals surface area contributed by atoms with Gasteiger partial charge >= 0.3 is 12.1 Å². The second kappa shape index (κ2) is 18.7. The number of para-hydroxylation sites is 2. The first-order chi connectivity index (χ1) is 28.4. The molecule has 0 atom stereocenters. The van der Waals surface area contributed by atoms with E-state index in [1.165, 1.54) is 58.9 Å². The Labute approximate surface area is 333 Å². The van der Waals surface area contributed by atoms with Crippen LogP contribution < -0.4 is 15.5 Å². The first-order valence-electron chi connectivity index (χ1n) is 17.7. The minimum atomic E-state index is -4.80. The number of nitrogens with zero attached hydrogens (tertiary/aromatic N) is 6. The molecule has 0 unspecified atom stereocenters. The molecule has 59 heavy (non-hydrogen) atoms. The fourth-order valence-electron chi connectivity index (χ4n) is 5.65. The van der Waals surface area contributed by atoms with E-state index < -0.39 is 29.6 Å². The van der Waals surface area contributed by atoms with Gasteiger partial charge in [-0.25, -0.2) is 8.78 Å². The van der Waals surface area contributed by atoms with Crippen molar-refractivity contribution in [2.45, 2.75) is 19.3 Å². The lowest BCUT2D eigenvalue weighted by molar-refractivity contribution is -0.156. The lowest BCUT2D eigenvalue weighted by Crippen LogP contribution is -2.30. The number of alkyl halides is 3. The van der Waals surface area contributed by atoms with Gasteiger partial charge in [0.25, 0.3) is 11.8 Å². The smallest absolute Gasteiger partial charge is 0.413 e. The molecule has 0 bridgehead atoms. The Balaban J connectivity index is 0.000000201. The number of benzene rings is 4. The molecule has 4 aromatic carbocycles. The van der Waals surface area contributed by atoms with Gasteiger partial charge in [-0.1, -0.05) is 54.6 Å². The van der Waals surface area contributed by atoms with Crippen molar-refractivity contribution in [3.8, 4) is 11.5 Å². The molecule has 11 nitrogen and oxygen atoms in total. The third kappa shape index (κ3) is 10.3. The maximum absolute atomic E-state index is 14.9. The highest BCUT2D eigenvalue weighted by Gasteiger charge is 2.38. The molecular formula is C43H32F5N7O4. The first kappa shape index (κ1) is 41.2. The lowest BCUT2D eigenvalue weighted by atomic mass is 10.1. The highest BCUT2D eigenvalue weighted by molar-refractivity contribution is 6.06. The number of halogens is 5. The van der Waals surface area contributed by atoms with Crippen LogP contribution in [0.5, 0.6) is 0 Å². The van der Waals surface area contributed by atoms with Gasteiger partial charge in [0.05, 0.1) is 19.6 Å². The Morgan fingerprint density at radius 1 is 0.593 bits per heavy atom. The summed E-state index contributed by atoms with van der Waals surface area (Å²) >= 11 is 0. The van der Waals surface area contributed by atoms with Gasteiger partial charge in [-0.3, -0.25) is 24.4 Å². The standard InChI is InChI=1S/C22H14F4N4O2.C21H18FN3O2/c23-18-12-15(19-28-29-21(32-19)22(24,25)26)6-7-16(18)13-30(17-4-2-1-3-5-17)20(31)14-8-10-27-11-9-14;22-19-12-16(20(26)13-23)6-7-17(19)14-25(18-4-2-1-3-5-18)21(27)15-8-10-24-11-9-15/h1-12H,13H2;1-12H,13-14,23H2. The summed E-state index contributed by atoms with van der Waals surface area (Å²) in [4.78, 5) is 48.4. The highest BCUT2D eigenvalue weighted by atomic mass is 19.4. The largest absolute Gasteiger partial charge is 0.470 e. The van der Waals surface area contributed by atoms with E-state index in [2.05, 4.69) is 24.6 Å². The molecule has 0 radical (unpaired) electrons. The van der Waals surface area contributed by atoms with E-state index in [9.17, 15) is 36.3 Å². The van der Waals surface area contributed by atoms with E-state index in [1.54, 1.807) is 66.7 Å². The summed E-state index contributed by atoms with van der Waals surface area (Å²) in [5, 5.41) is 6.26. The topological polar surface area (TPSA) is 148 Å². The van der Waals surface area contributed by atoms with Gasteiger partial charge < -0.3 is 20.0 Å². The summed E-state index contributed by atoms with van der Waals surface area (Å²) in [6.07, 6.45) is 1.22. The molecule has 7 aromatic rings. The van der Waals surface area contributed by atoms with Gasteiger partial charge in [0.1, 0.15) is 11.6 Å². The van der Waals surface area contributed by atoms with Crippen LogP contribution in [0.4, 0.5) is 33.3 Å². The Hall–Kier alpha value is -7.46. The normalized spacial score (nSPS) is 10.9. The van der Waals surface area contributed by atoms with Crippen LogP contribution in [0.15, 0.2) is 151 Å². The second-order valence-electron chi connectivity index (χ2n) is 12.6. The molecule has 7 rings (SSSR count). The Bertz CT molecular complexity index is 2530. The number of carbonyl (C=O) groups excluding carboxylic acids is 3. The van der Waals surface area contributed by atoms with Gasteiger partial charge in [0.2, 0.25) is 5.89 Å². The van der Waals surface area contributed by atoms with Crippen molar-refractivity contribution in [2.24, 2.45) is 5.73 Å². The molecule has 0 aliphatic heterocycles. The number of Topliss-reactive ketones (excluding diaryl/α,β-unsaturated/α-hetero) is 1. The summed E-state index contributed by atoms with van der Waals surface area (Å²) in [7, 11) is 0. The summed E-state index contributed by atoms with van der Waals surface area (Å²) in [6, 6.07) is 31.9. The fraction of sp³-hybridized carbons (Fsp3) is 0.0930. The Kier molecular flexibility index (Phi) is 13.0. The maximum atomic E-state index is 14.9. The van der Waals surface area contributed by atoms with Crippen molar-refractivity contribution in [3.63, 3.8) is 0 Å². The third-order valence-corrected chi connectivity index (χ3v) is 8.67. The number of hydrogen-bond acceptors (Lipinski definition) is 9. The molecule has 3 heterocycles. The lowest BCUT2D eigenvalue weighted by Gasteiger charge is -2.23. The average molecular weight is 806 g/mol. The number of amides is 2. The third-order valence-electron chi connectivity index (χ3n) is 8.67. The van der Waals surface area contributed by atoms with Crippen LogP contribution in [0, 0.1) is 11.6 Å². The van der Waals surface area contributed by atoms with Crippen molar-refractivity contribution in [3.05, 3.63) is 191 Å². The van der Waals surface area contributed by atoms with E-state index in [0.29, 0.717) is 28.1 Å². The van der Waals surface area contributed by atoms with Crippen LogP contribution in [0.1, 0.15) is 48.1 Å². The van der Waals surface area contributed by atoms with Gasteiger partial charge in [0, 0.05) is 69.5 Å². The highest BCUT2D eigenvalue weighted by Crippen LogP contribution is 2.31. The molecule has 0 aliphatic carbocycles. The number of pyridine rings is 2. The molecule has 0 spiro atoms. The Morgan fingerprint density at radius 3 is 1.49 bits per heavy atom. The minimum Gasteiger partial charge on any atom is -0.413 e. The molecule has 0 saturated carbocycles. The van der Waals surface area contributed by atoms with Crippen molar-refractivity contribution < 1.29 is 40.8 Å². The van der Waals surface area contributed by atoms with Crippen molar-refractivity contribution in [1.82, 2.24) is 20.2 Å². The summed E-state index contributed by atoms with van der Waals surface area (Å²) in [5.74, 6) is -4.26. The van der Waals surface area contributed by atoms with E-state index in [-0.39, 0.29) is 53.9 Å². The van der Waals surface area contributed by atoms with Crippen LogP contribution in [0.2, 0.25) is 0 Å². The number of nitrogens with two attached hydrogens (primary N) is 1. The van der Waals surface area contributed by atoms with Crippen LogP contribution in [0.25, 0.3) is 11.5 Å². The molecule has 16 heteroatoms. The zero-order valence-electron chi connectivity index (χ0n) is 30.8. The number of aromatic nitrogens is 4. The number of anilines is 2. The molecular weight excluding hydrogens is 774 g/mol. The molecule has 0 saturated heterocycles. The van der Waals surface area contributed by atoms with Crippen LogP contribution in [-0.4, -0.2) is 44.3 Å². The van der Waals surface area contributed by atoms with Crippen molar-refractivity contribution in [1.29, 1.82) is 0 Å². The first-order valence-corrected chi connectivity index (χ1v) is 17.7. The van der Waals surface area contributed by atoms with Crippen molar-refractivity contribution in [2.75, 3.05) is 16.3 Å². The predicted molar refractivity (Wildman–Crippen MR) is 207 cm³/mol. The molecule has 2 N–H and O–H groups in total. The zero-order chi connectivity index (χ0) is 41.9. The summed E-state index contributed by atoms with van der Waals surface area (Å²) < 4.78 is 72.0. The van der Waals surface area contributed by atoms with Gasteiger partial charge in [-0.2, -0.15) is 13.2 Å². The van der Waals surface area contributed by atoms with E-state index in [1.807, 2.05) is 18.2 Å². The van der Waals surface area contributed by atoms with E-state index >= 15 is 0 Å². The number of hydrogen-bond donors (Lipinski definition) is 1. The summed E-state index contributed by atoms with van der Waals surface area (Å²) in [5.41, 5.74) is 7.97. The van der Waals surface area contributed by atoms with Crippen LogP contribution >= 0.6 is 0 Å². The maximum Gasteiger partial charge on any atom is 0.470 e. The van der Waals surface area contributed by atoms with E-state index in [4.69, 9.17) is 5.73 Å². The van der Waals surface area contributed by atoms with Crippen molar-refractivity contribution >= 4 is 29.0 Å². The van der Waals surface area contributed by atoms with Crippen LogP contribution in [0.3, 0.4) is 0 Å². The van der Waals surface area contributed by atoms with Gasteiger partial charge in [-0.15, -0.1) is 10.2 Å². The number of carbonyl (C=O) groups is 3. The monoisotopic (exact) mass is 805 g/mol. The molecule has 0 fully saturated rings. The molecule has 2 amide bonds. The molecule has 298 valence electrons.